The lowest BCUT2D eigenvalue weighted by atomic mass is 10.2. The summed E-state index contributed by atoms with van der Waals surface area (Å²) in [5.74, 6) is 0.590. The molecule has 0 bridgehead atoms. The van der Waals surface area contributed by atoms with Gasteiger partial charge in [-0.3, -0.25) is 9.78 Å². The molecule has 1 aromatic carbocycles. The number of rotatable bonds is 6. The second-order valence-corrected chi connectivity index (χ2v) is 4.74. The molecule has 2 rings (SSSR count). The number of nitrogens with zero attached hydrogens (tertiary/aromatic N) is 2. The molecule has 1 aromatic heterocycles. The third kappa shape index (κ3) is 4.57. The fourth-order valence-corrected chi connectivity index (χ4v) is 1.83. The minimum atomic E-state index is -0.0743. The molecule has 110 valence electrons. The fraction of sp³-hybridized carbons (Fsp3) is 0.250. The lowest BCUT2D eigenvalue weighted by Crippen LogP contribution is -2.30. The highest BCUT2D eigenvalue weighted by Gasteiger charge is 2.10. The fourth-order valence-electron chi connectivity index (χ4n) is 1.83. The molecule has 0 aliphatic heterocycles. The smallest absolute Gasteiger partial charge is 0.260 e. The van der Waals surface area contributed by atoms with Gasteiger partial charge in [-0.05, 0) is 35.4 Å². The molecule has 0 saturated carbocycles. The Bertz CT molecular complexity index is 570. The molecule has 0 aliphatic rings. The maximum Gasteiger partial charge on any atom is 0.260 e. The second kappa shape index (κ2) is 7.40. The number of aromatic nitrogens is 1. The van der Waals surface area contributed by atoms with Gasteiger partial charge in [0.25, 0.3) is 5.91 Å². The molecule has 0 radical (unpaired) electrons. The van der Waals surface area contributed by atoms with Gasteiger partial charge >= 0.3 is 0 Å². The molecule has 2 aromatic rings. The quantitative estimate of drug-likeness (QED) is 0.875. The van der Waals surface area contributed by atoms with Crippen LogP contribution in [0.25, 0.3) is 0 Å². The van der Waals surface area contributed by atoms with Crippen LogP contribution in [0.1, 0.15) is 11.1 Å². The van der Waals surface area contributed by atoms with E-state index in [2.05, 4.69) is 4.98 Å². The van der Waals surface area contributed by atoms with Crippen LogP contribution in [0.5, 0.6) is 5.75 Å². The van der Waals surface area contributed by atoms with Crippen molar-refractivity contribution in [2.24, 2.45) is 5.73 Å². The maximum atomic E-state index is 12.0. The Morgan fingerprint density at radius 2 is 1.81 bits per heavy atom. The summed E-state index contributed by atoms with van der Waals surface area (Å²) in [5, 5.41) is 0. The largest absolute Gasteiger partial charge is 0.484 e. The summed E-state index contributed by atoms with van der Waals surface area (Å²) in [6, 6.07) is 11.2. The summed E-state index contributed by atoms with van der Waals surface area (Å²) < 4.78 is 5.48. The van der Waals surface area contributed by atoms with Crippen LogP contribution in [0.15, 0.2) is 48.8 Å². The predicted octanol–water partition coefficient (Wildman–Crippen LogP) is 1.58. The van der Waals surface area contributed by atoms with Crippen LogP contribution in [0.3, 0.4) is 0 Å². The van der Waals surface area contributed by atoms with Crippen LogP contribution >= 0.6 is 0 Å². The van der Waals surface area contributed by atoms with Gasteiger partial charge in [0.1, 0.15) is 5.75 Å². The van der Waals surface area contributed by atoms with Crippen LogP contribution < -0.4 is 10.5 Å². The van der Waals surface area contributed by atoms with Gasteiger partial charge in [-0.15, -0.1) is 0 Å². The van der Waals surface area contributed by atoms with E-state index in [-0.39, 0.29) is 12.5 Å². The van der Waals surface area contributed by atoms with Gasteiger partial charge in [0.05, 0.1) is 0 Å². The topological polar surface area (TPSA) is 68.5 Å². The molecule has 0 aliphatic carbocycles. The minimum Gasteiger partial charge on any atom is -0.484 e. The van der Waals surface area contributed by atoms with Crippen LogP contribution in [0, 0.1) is 0 Å². The number of carbonyl (C=O) groups excluding carboxylic acids is 1. The zero-order chi connectivity index (χ0) is 15.1. The molecule has 5 nitrogen and oxygen atoms in total. The van der Waals surface area contributed by atoms with Crippen molar-refractivity contribution in [3.05, 3.63) is 59.9 Å². The van der Waals surface area contributed by atoms with E-state index in [1.54, 1.807) is 24.3 Å². The first kappa shape index (κ1) is 15.0. The number of ether oxygens (including phenoxy) is 1. The van der Waals surface area contributed by atoms with E-state index < -0.39 is 0 Å². The number of likely N-dealkylation sites (N-methyl/N-ethyl adjacent to an activating group) is 1. The molecular weight excluding hydrogens is 266 g/mol. The molecular formula is C16H19N3O2. The van der Waals surface area contributed by atoms with E-state index >= 15 is 0 Å². The molecule has 0 fully saturated rings. The van der Waals surface area contributed by atoms with Gasteiger partial charge < -0.3 is 15.4 Å². The summed E-state index contributed by atoms with van der Waals surface area (Å²) in [5.41, 5.74) is 7.60. The summed E-state index contributed by atoms with van der Waals surface area (Å²) >= 11 is 0. The van der Waals surface area contributed by atoms with Gasteiger partial charge in [0.15, 0.2) is 6.61 Å². The molecule has 1 heterocycles. The molecule has 0 atom stereocenters. The van der Waals surface area contributed by atoms with Crippen molar-refractivity contribution in [2.45, 2.75) is 13.1 Å². The normalized spacial score (nSPS) is 10.2. The number of carbonyl (C=O) groups is 1. The highest BCUT2D eigenvalue weighted by atomic mass is 16.5. The highest BCUT2D eigenvalue weighted by molar-refractivity contribution is 5.77. The van der Waals surface area contributed by atoms with Crippen molar-refractivity contribution in [3.63, 3.8) is 0 Å². The second-order valence-electron chi connectivity index (χ2n) is 4.74. The Morgan fingerprint density at radius 3 is 2.43 bits per heavy atom. The molecule has 0 unspecified atom stereocenters. The first-order chi connectivity index (χ1) is 10.2. The zero-order valence-electron chi connectivity index (χ0n) is 12.0. The Hall–Kier alpha value is -2.40. The lowest BCUT2D eigenvalue weighted by Gasteiger charge is -2.17. The van der Waals surface area contributed by atoms with Crippen LogP contribution in [0.2, 0.25) is 0 Å². The Kier molecular flexibility index (Phi) is 5.29. The first-order valence-electron chi connectivity index (χ1n) is 6.73. The molecule has 21 heavy (non-hydrogen) atoms. The highest BCUT2D eigenvalue weighted by Crippen LogP contribution is 2.12. The number of nitrogens with two attached hydrogens (primary N) is 1. The molecule has 5 heteroatoms. The van der Waals surface area contributed by atoms with Crippen molar-refractivity contribution in [3.8, 4) is 5.75 Å². The monoisotopic (exact) mass is 285 g/mol. The van der Waals surface area contributed by atoms with Crippen LogP contribution in [-0.4, -0.2) is 29.4 Å². The van der Waals surface area contributed by atoms with Crippen molar-refractivity contribution < 1.29 is 9.53 Å². The third-order valence-electron chi connectivity index (χ3n) is 3.12. The van der Waals surface area contributed by atoms with E-state index in [4.69, 9.17) is 10.5 Å². The van der Waals surface area contributed by atoms with Gasteiger partial charge in [-0.25, -0.2) is 0 Å². The number of hydrogen-bond acceptors (Lipinski definition) is 4. The van der Waals surface area contributed by atoms with Crippen molar-refractivity contribution in [2.75, 3.05) is 13.7 Å². The van der Waals surface area contributed by atoms with E-state index in [9.17, 15) is 4.79 Å². The maximum absolute atomic E-state index is 12.0. The average Bonchev–Trinajstić information content (AvgIpc) is 2.54. The number of benzene rings is 1. The summed E-state index contributed by atoms with van der Waals surface area (Å²) in [7, 11) is 1.75. The SMILES string of the molecule is CN(Cc1ccncc1)C(=O)COc1ccc(CN)cc1. The third-order valence-corrected chi connectivity index (χ3v) is 3.12. The van der Waals surface area contributed by atoms with E-state index in [1.807, 2.05) is 36.4 Å². The van der Waals surface area contributed by atoms with Gasteiger partial charge in [0, 0.05) is 32.5 Å². The predicted molar refractivity (Wildman–Crippen MR) is 80.5 cm³/mol. The Labute approximate surface area is 124 Å². The summed E-state index contributed by atoms with van der Waals surface area (Å²) in [6.45, 7) is 1.05. The van der Waals surface area contributed by atoms with Crippen LogP contribution in [0.4, 0.5) is 0 Å². The van der Waals surface area contributed by atoms with Crippen molar-refractivity contribution in [1.82, 2.24) is 9.88 Å². The number of pyridine rings is 1. The number of hydrogen-bond donors (Lipinski definition) is 1. The minimum absolute atomic E-state index is 0.0174. The van der Waals surface area contributed by atoms with Gasteiger partial charge in [0.2, 0.25) is 0 Å². The zero-order valence-corrected chi connectivity index (χ0v) is 12.0. The number of amides is 1. The standard InChI is InChI=1S/C16H19N3O2/c1-19(11-14-6-8-18-9-7-14)16(20)12-21-15-4-2-13(10-17)3-5-15/h2-9H,10-12,17H2,1H3. The molecule has 0 spiro atoms. The van der Waals surface area contributed by atoms with Crippen molar-refractivity contribution >= 4 is 5.91 Å². The van der Waals surface area contributed by atoms with E-state index in [0.717, 1.165) is 11.1 Å². The molecule has 0 saturated heterocycles. The Balaban J connectivity index is 1.83. The molecule has 1 amide bonds. The van der Waals surface area contributed by atoms with Gasteiger partial charge in [-0.1, -0.05) is 12.1 Å². The average molecular weight is 285 g/mol. The van der Waals surface area contributed by atoms with E-state index in [0.29, 0.717) is 18.8 Å². The van der Waals surface area contributed by atoms with Crippen molar-refractivity contribution in [1.29, 1.82) is 0 Å². The van der Waals surface area contributed by atoms with E-state index in [1.165, 1.54) is 0 Å². The lowest BCUT2D eigenvalue weighted by molar-refractivity contribution is -0.132. The van der Waals surface area contributed by atoms with Gasteiger partial charge in [-0.2, -0.15) is 0 Å². The summed E-state index contributed by atoms with van der Waals surface area (Å²) in [6.07, 6.45) is 3.42. The summed E-state index contributed by atoms with van der Waals surface area (Å²) in [4.78, 5) is 17.6. The molecule has 2 N–H and O–H groups in total. The Morgan fingerprint density at radius 1 is 1.14 bits per heavy atom. The first-order valence-corrected chi connectivity index (χ1v) is 6.73. The van der Waals surface area contributed by atoms with Crippen LogP contribution in [-0.2, 0) is 17.9 Å².